The van der Waals surface area contributed by atoms with Crippen LogP contribution in [-0.4, -0.2) is 282 Å². The minimum absolute atomic E-state index is 0.00155. The van der Waals surface area contributed by atoms with Crippen molar-refractivity contribution in [2.75, 3.05) is 121 Å². The van der Waals surface area contributed by atoms with Crippen molar-refractivity contribution >= 4 is 93.0 Å². The number of aryl methyl sites for hydroxylation is 1. The number of hydrogen-bond donors (Lipinski definition) is 8. The lowest BCUT2D eigenvalue weighted by atomic mass is 9.80. The Morgan fingerprint density at radius 3 is 2.21 bits per heavy atom. The first-order valence-electron chi connectivity index (χ1n) is 44.0. The minimum atomic E-state index is -2.52. The van der Waals surface area contributed by atoms with Crippen LogP contribution in [0.15, 0.2) is 101 Å². The Balaban J connectivity index is 0.553. The molecule has 6 aromatic rings. The van der Waals surface area contributed by atoms with E-state index >= 15 is 0 Å². The Hall–Kier alpha value is -10.6. The monoisotopic (exact) mass is 1750 g/mol. The number of piperidine rings is 1. The van der Waals surface area contributed by atoms with Crippen LogP contribution < -0.4 is 37.6 Å². The molecule has 1 saturated carbocycles. The zero-order valence-electron chi connectivity index (χ0n) is 73.3. The molecule has 2 bridgehead atoms. The number of allylic oxidation sites excluding steroid dienone is 6. The van der Waals surface area contributed by atoms with Gasteiger partial charge in [-0.15, -0.1) is 0 Å². The first-order chi connectivity index (χ1) is 60.6. The van der Waals surface area contributed by atoms with Gasteiger partial charge >= 0.3 is 12.1 Å². The Morgan fingerprint density at radius 1 is 0.746 bits per heavy atom. The van der Waals surface area contributed by atoms with Crippen LogP contribution >= 0.6 is 0 Å². The third-order valence-corrected chi connectivity index (χ3v) is 25.2. The number of ether oxygens (including phenoxy) is 6. The number of anilines is 4. The number of hydrogen-bond acceptors (Lipinski definition) is 32. The number of oxazole rings is 1. The van der Waals surface area contributed by atoms with Gasteiger partial charge in [0.15, 0.2) is 17.0 Å². The smallest absolute Gasteiger partial charge is 0.407 e. The average Bonchev–Trinajstić information content (AvgIpc) is 1.61. The van der Waals surface area contributed by atoms with Gasteiger partial charge in [0.2, 0.25) is 23.6 Å². The topological polar surface area (TPSA) is 492 Å². The molecule has 0 unspecified atom stereocenters. The second-order valence-electron chi connectivity index (χ2n) is 34.2. The van der Waals surface area contributed by atoms with Gasteiger partial charge in [-0.3, -0.25) is 33.7 Å². The molecule has 0 radical (unpaired) electrons. The number of alkyl carbamates (subject to hydrolysis) is 1. The molecular weight excluding hydrogens is 1620 g/mol. The number of aliphatic hydroxyl groups excluding tert-OH is 2. The normalized spacial score (nSPS) is 27.5. The SMILES string of the molecule is CO[C@H]1C[C@@H]2CC[C@@H](C)[C@@](O)(O2)C(=O)C(=O)N2CCCC[C@H]2C(=O)O[C@H]([C@H](N)C[C@@H]2CC[C@@H](OC(=O)NCc3cnc(N4CCN(C(=O)CCOCCN5CCN(c6ncc(C(=O)NCCCCn7nc(-c8ccc9oc(N)nc9c8)c8c(N)ncnc87)cn6)CC5)CC4)nc3)[C@H](OC)C2)CC(=O)[C@H](C)/C=C(\C)[C@@H](O)[C@@H](O)C(=O)[C@H](C)C[C@H](C)/C=C/C=CC=C1C. The molecule has 4 saturated heterocycles. The molecule has 6 aliphatic rings. The summed E-state index contributed by atoms with van der Waals surface area (Å²) in [4.78, 5) is 152. The lowest BCUT2D eigenvalue weighted by molar-refractivity contribution is -0.265. The molecule has 37 nitrogen and oxygen atoms in total. The summed E-state index contributed by atoms with van der Waals surface area (Å²) in [7, 11) is 3.06. The fourth-order valence-corrected chi connectivity index (χ4v) is 17.5. The molecule has 682 valence electrons. The quantitative estimate of drug-likeness (QED) is 0.0159. The van der Waals surface area contributed by atoms with Crippen LogP contribution in [0.3, 0.4) is 0 Å². The highest BCUT2D eigenvalue weighted by Gasteiger charge is 2.53. The van der Waals surface area contributed by atoms with E-state index in [1.807, 2.05) is 66.2 Å². The predicted molar refractivity (Wildman–Crippen MR) is 466 cm³/mol. The van der Waals surface area contributed by atoms with Crippen LogP contribution in [0.1, 0.15) is 154 Å². The second-order valence-corrected chi connectivity index (χ2v) is 34.2. The predicted octanol–water partition coefficient (Wildman–Crippen LogP) is 5.93. The van der Waals surface area contributed by atoms with E-state index in [2.05, 4.69) is 55.3 Å². The standard InChI is InChI=1S/C89H123N19O18/c1-53-16-10-9-11-17-54(2)70(120-7)45-63-22-19-58(6)89(119,126-63)79(114)83(116)107-27-14-12-18-66(107)84(117)123-71(46-67(109)55(3)41-57(5)77(112)78(113)76(111)56(4)40-53)64(90)42-59-20-23-69(72(43-59)121-8)125-88(118)98-49-60-47-94-86(95-48-60)106-35-33-104(34-36-106)73(110)25-38-122-39-37-103-29-31-105(32-30-103)87-96-50-62(51-97-87)82(115)93-26-13-15-28-108-81-74(80(91)99-52-100-81)75(102-108)61-21-24-68-65(44-61)101-85(92)124-68/h9-11,16-17,21,24,41,44,47-48,50-53,55-56,58-59,63-64,66,69-72,77-78,112-113,119H,12-15,18-20,22-23,25-40,42-43,45-46,49,90H2,1-8H3,(H2,92,101)(H,93,115)(H,98,118)(H2,91,99,100)/b11-9?,16-10+,54-17?,57-41+/t53-,55-,56-,58-,59+,63+,64-,66+,69-,70+,71+,72-,77-,78+,89-/m1/s1. The summed E-state index contributed by atoms with van der Waals surface area (Å²) >= 11 is 0. The molecule has 12 rings (SSSR count). The van der Waals surface area contributed by atoms with Gasteiger partial charge in [0.1, 0.15) is 59.6 Å². The number of rotatable bonds is 23. The Kier molecular flexibility index (Phi) is 33.1. The fraction of sp³-hybridized carbons (Fsp3) is 0.596. The van der Waals surface area contributed by atoms with Crippen molar-refractivity contribution in [3.8, 4) is 11.3 Å². The van der Waals surface area contributed by atoms with Gasteiger partial charge in [0.05, 0.1) is 48.9 Å². The molecule has 11 N–H and O–H groups in total. The molecule has 10 heterocycles. The van der Waals surface area contributed by atoms with Gasteiger partial charge in [-0.05, 0) is 132 Å². The Labute approximate surface area is 733 Å². The molecule has 4 amide bonds. The number of Topliss-reactive ketones (excluding diaryl/α,β-unsaturated/α-hetero) is 3. The zero-order chi connectivity index (χ0) is 89.9. The molecule has 126 heavy (non-hydrogen) atoms. The summed E-state index contributed by atoms with van der Waals surface area (Å²) in [5.74, 6) is -8.31. The molecule has 37 heteroatoms. The van der Waals surface area contributed by atoms with Crippen molar-refractivity contribution in [3.05, 3.63) is 108 Å². The second kappa shape index (κ2) is 44.2. The third-order valence-electron chi connectivity index (χ3n) is 25.2. The van der Waals surface area contributed by atoms with E-state index in [9.17, 15) is 53.7 Å². The number of aromatic nitrogens is 9. The van der Waals surface area contributed by atoms with Gasteiger partial charge in [0.25, 0.3) is 23.6 Å². The van der Waals surface area contributed by atoms with E-state index < -0.39 is 120 Å². The zero-order valence-corrected chi connectivity index (χ0v) is 73.3. The summed E-state index contributed by atoms with van der Waals surface area (Å²) in [5.41, 5.74) is 24.3. The number of nitrogens with two attached hydrogens (primary N) is 3. The maximum atomic E-state index is 14.7. The molecule has 5 fully saturated rings. The van der Waals surface area contributed by atoms with E-state index in [0.717, 1.165) is 29.1 Å². The summed E-state index contributed by atoms with van der Waals surface area (Å²) in [6, 6.07) is 3.27. The molecule has 5 aromatic heterocycles. The number of methoxy groups -OCH3 is 2. The lowest BCUT2D eigenvalue weighted by Crippen LogP contribution is -2.61. The maximum absolute atomic E-state index is 14.7. The van der Waals surface area contributed by atoms with Crippen LogP contribution in [0.25, 0.3) is 33.4 Å². The number of esters is 1. The highest BCUT2D eigenvalue weighted by Crippen LogP contribution is 2.39. The number of unbranched alkanes of at least 4 members (excludes halogenated alkanes) is 1. The summed E-state index contributed by atoms with van der Waals surface area (Å²) < 4.78 is 43.4. The van der Waals surface area contributed by atoms with Crippen molar-refractivity contribution < 1.29 is 86.5 Å². The number of nitrogens with one attached hydrogen (secondary N) is 2. The van der Waals surface area contributed by atoms with Crippen LogP contribution in [0, 0.1) is 29.6 Å². The highest BCUT2D eigenvalue weighted by atomic mass is 16.6. The Bertz CT molecular complexity index is 4870. The highest BCUT2D eigenvalue weighted by molar-refractivity contribution is 6.39. The number of benzene rings is 1. The number of carbonyl (C=O) groups is 8. The van der Waals surface area contributed by atoms with Crippen LogP contribution in [-0.2, 0) is 70.3 Å². The van der Waals surface area contributed by atoms with Crippen LogP contribution in [0.4, 0.5) is 28.5 Å². The number of cyclic esters (lactones) is 1. The van der Waals surface area contributed by atoms with Gasteiger partial charge < -0.3 is 95.6 Å². The fourth-order valence-electron chi connectivity index (χ4n) is 17.5. The maximum Gasteiger partial charge on any atom is 0.407 e. The van der Waals surface area contributed by atoms with E-state index in [1.165, 1.54) is 26.4 Å². The largest absolute Gasteiger partial charge is 0.459 e. The molecule has 1 aliphatic carbocycles. The van der Waals surface area contributed by atoms with Gasteiger partial charge in [-0.25, -0.2) is 44.2 Å². The van der Waals surface area contributed by atoms with Crippen LogP contribution in [0.2, 0.25) is 0 Å². The summed E-state index contributed by atoms with van der Waals surface area (Å²) in [6.07, 6.45) is 15.9. The van der Waals surface area contributed by atoms with Crippen LogP contribution in [0.5, 0.6) is 0 Å². The van der Waals surface area contributed by atoms with Crippen molar-refractivity contribution in [2.45, 2.75) is 212 Å². The number of amides is 4. The first-order valence-corrected chi connectivity index (χ1v) is 44.0. The molecular formula is C89H123N19O18. The summed E-state index contributed by atoms with van der Waals surface area (Å²) in [6.45, 7) is 17.6. The van der Waals surface area contributed by atoms with E-state index in [0.29, 0.717) is 193 Å². The summed E-state index contributed by atoms with van der Waals surface area (Å²) in [5, 5.41) is 45.9. The number of fused-ring (bicyclic) bond motifs is 5. The number of ketones is 3. The third kappa shape index (κ3) is 24.2. The average molecular weight is 1750 g/mol. The number of piperazine rings is 2. The van der Waals surface area contributed by atoms with Gasteiger partial charge in [0, 0.05) is 172 Å². The van der Waals surface area contributed by atoms with Gasteiger partial charge in [-0.2, -0.15) is 10.1 Å². The van der Waals surface area contributed by atoms with E-state index in [1.54, 1.807) is 63.4 Å². The number of aliphatic hydroxyl groups is 3. The first kappa shape index (κ1) is 94.5. The Morgan fingerprint density at radius 2 is 1.48 bits per heavy atom. The van der Waals surface area contributed by atoms with E-state index in [-0.39, 0.29) is 74.0 Å². The molecule has 5 aliphatic heterocycles. The molecule has 15 atom stereocenters. The minimum Gasteiger partial charge on any atom is -0.459 e. The van der Waals surface area contributed by atoms with Crippen molar-refractivity contribution in [1.29, 1.82) is 0 Å². The van der Waals surface area contributed by atoms with Crippen molar-refractivity contribution in [3.63, 3.8) is 0 Å². The number of nitrogen functional groups attached to an aromatic ring is 2. The molecule has 0 spiro atoms. The van der Waals surface area contributed by atoms with Crippen molar-refractivity contribution in [2.24, 2.45) is 35.3 Å². The van der Waals surface area contributed by atoms with E-state index in [4.69, 9.17) is 55.1 Å². The lowest BCUT2D eigenvalue weighted by Gasteiger charge is -2.42. The number of carbonyl (C=O) groups excluding carboxylic acids is 8. The van der Waals surface area contributed by atoms with Gasteiger partial charge in [-0.1, -0.05) is 64.2 Å². The molecule has 1 aromatic carbocycles. The number of nitrogens with zero attached hydrogens (tertiary/aromatic N) is 14. The van der Waals surface area contributed by atoms with Crippen molar-refractivity contribution in [1.82, 2.24) is 70.0 Å².